The fourth-order valence-electron chi connectivity index (χ4n) is 3.23. The first-order chi connectivity index (χ1) is 15.3. The van der Waals surface area contributed by atoms with E-state index in [9.17, 15) is 18.0 Å². The third-order valence-corrected chi connectivity index (χ3v) is 5.53. The Labute approximate surface area is 187 Å². The number of nitrogens with zero attached hydrogens (tertiary/aromatic N) is 1. The molecule has 0 saturated heterocycles. The molecule has 1 aliphatic carbocycles. The van der Waals surface area contributed by atoms with Crippen molar-refractivity contribution in [2.45, 2.75) is 46.1 Å². The third kappa shape index (κ3) is 6.13. The number of aromatic nitrogens is 1. The van der Waals surface area contributed by atoms with Crippen LogP contribution in [0.5, 0.6) is 0 Å². The smallest absolute Gasteiger partial charge is 0.225 e. The highest BCUT2D eigenvalue weighted by Gasteiger charge is 2.29. The van der Waals surface area contributed by atoms with Gasteiger partial charge in [-0.25, -0.2) is 13.2 Å². The molecule has 3 aromatic rings. The largest absolute Gasteiger partial charge is 0.394 e. The topological polar surface area (TPSA) is 56.3 Å². The summed E-state index contributed by atoms with van der Waals surface area (Å²) < 4.78 is 39.4. The number of benzene rings is 2. The summed E-state index contributed by atoms with van der Waals surface area (Å²) in [6.07, 6.45) is 3.24. The van der Waals surface area contributed by atoms with Crippen LogP contribution in [0.1, 0.15) is 40.0 Å². The van der Waals surface area contributed by atoms with E-state index in [4.69, 9.17) is 5.11 Å². The number of rotatable bonds is 4. The third-order valence-electron chi connectivity index (χ3n) is 5.53. The number of halogens is 3. The summed E-state index contributed by atoms with van der Waals surface area (Å²) in [5.74, 6) is -1.16. The summed E-state index contributed by atoms with van der Waals surface area (Å²) in [5, 5.41) is 9.28. The summed E-state index contributed by atoms with van der Waals surface area (Å²) in [6, 6.07) is 9.46. The quantitative estimate of drug-likeness (QED) is 0.522. The molecule has 4 nitrogen and oxygen atoms in total. The highest BCUT2D eigenvalue weighted by atomic mass is 19.1. The normalized spacial score (nSPS) is 13.9. The summed E-state index contributed by atoms with van der Waals surface area (Å²) in [5.41, 5.74) is 1.58. The number of aliphatic hydroxyl groups is 1. The summed E-state index contributed by atoms with van der Waals surface area (Å²) in [7, 11) is 1.77. The molecule has 1 saturated carbocycles. The molecule has 1 amide bonds. The van der Waals surface area contributed by atoms with Crippen LogP contribution in [0.4, 0.5) is 13.2 Å². The highest BCUT2D eigenvalue weighted by Crippen LogP contribution is 2.28. The van der Waals surface area contributed by atoms with Gasteiger partial charge in [0, 0.05) is 30.1 Å². The molecule has 1 heterocycles. The zero-order valence-corrected chi connectivity index (χ0v) is 19.0. The Morgan fingerprint density at radius 2 is 1.72 bits per heavy atom. The number of hydrogen-bond donors (Lipinski definition) is 2. The molecule has 174 valence electrons. The first-order valence-electron chi connectivity index (χ1n) is 10.9. The first kappa shape index (κ1) is 25.5. The predicted molar refractivity (Wildman–Crippen MR) is 122 cm³/mol. The average molecular weight is 449 g/mol. The first-order valence-corrected chi connectivity index (χ1v) is 10.9. The average Bonchev–Trinajstić information content (AvgIpc) is 3.18. The van der Waals surface area contributed by atoms with E-state index in [1.54, 1.807) is 30.1 Å². The number of amides is 1. The number of hydrogen-bond acceptors (Lipinski definition) is 2. The van der Waals surface area contributed by atoms with Gasteiger partial charge in [0.1, 0.15) is 17.5 Å². The number of H-pyrrole nitrogens is 1. The lowest BCUT2D eigenvalue weighted by Crippen LogP contribution is -2.42. The van der Waals surface area contributed by atoms with E-state index in [-0.39, 0.29) is 35.8 Å². The fourth-order valence-corrected chi connectivity index (χ4v) is 3.23. The molecule has 0 bridgehead atoms. The van der Waals surface area contributed by atoms with Crippen LogP contribution in [0.15, 0.2) is 42.5 Å². The van der Waals surface area contributed by atoms with Gasteiger partial charge in [-0.15, -0.1) is 0 Å². The van der Waals surface area contributed by atoms with Crippen molar-refractivity contribution in [3.63, 3.8) is 0 Å². The number of carbonyl (C=O) groups is 1. The minimum atomic E-state index is -0.640. The molecule has 7 heteroatoms. The second-order valence-corrected chi connectivity index (χ2v) is 7.65. The van der Waals surface area contributed by atoms with E-state index < -0.39 is 11.6 Å². The standard InChI is InChI=1S/C14H8F3N.C9H17NO2.C2H6/c15-10-3-1-8(2-4-10)13-6-9-5-11(16)7-12(17)14(9)18-13;1-7(6-11)10(2)9(12)8-4-3-5-8;1-2/h1-7,18H;7-8,11H,3-6H2,1-2H3;1-2H3. The number of aliphatic hydroxyl groups excluding tert-OH is 1. The Kier molecular flexibility index (Phi) is 9.32. The van der Waals surface area contributed by atoms with Crippen LogP contribution in [0.25, 0.3) is 22.2 Å². The lowest BCUT2D eigenvalue weighted by Gasteiger charge is -2.32. The van der Waals surface area contributed by atoms with Crippen LogP contribution in [-0.4, -0.2) is 40.6 Å². The van der Waals surface area contributed by atoms with Crippen LogP contribution < -0.4 is 0 Å². The van der Waals surface area contributed by atoms with Gasteiger partial charge in [-0.2, -0.15) is 0 Å². The molecule has 0 aliphatic heterocycles. The maximum Gasteiger partial charge on any atom is 0.225 e. The van der Waals surface area contributed by atoms with Crippen LogP contribution in [0.2, 0.25) is 0 Å². The second-order valence-electron chi connectivity index (χ2n) is 7.65. The summed E-state index contributed by atoms with van der Waals surface area (Å²) in [6.45, 7) is 5.91. The summed E-state index contributed by atoms with van der Waals surface area (Å²) >= 11 is 0. The molecular formula is C25H31F3N2O2. The molecule has 4 rings (SSSR count). The van der Waals surface area contributed by atoms with Gasteiger partial charge in [-0.1, -0.05) is 20.3 Å². The molecule has 1 atom stereocenters. The molecule has 1 unspecified atom stereocenters. The van der Waals surface area contributed by atoms with Gasteiger partial charge in [0.2, 0.25) is 5.91 Å². The Morgan fingerprint density at radius 1 is 1.09 bits per heavy atom. The van der Waals surface area contributed by atoms with Gasteiger partial charge < -0.3 is 15.0 Å². The summed E-state index contributed by atoms with van der Waals surface area (Å²) in [4.78, 5) is 16.1. The molecule has 0 radical (unpaired) electrons. The SMILES string of the molecule is CC.CC(CO)N(C)C(=O)C1CCC1.Fc1ccc(-c2cc3cc(F)cc(F)c3[nH]2)cc1. The predicted octanol–water partition coefficient (Wildman–Crippen LogP) is 5.90. The van der Waals surface area contributed by atoms with Crippen molar-refractivity contribution >= 4 is 16.8 Å². The van der Waals surface area contributed by atoms with Crippen LogP contribution >= 0.6 is 0 Å². The Bertz CT molecular complexity index is 1010. The van der Waals surface area contributed by atoms with Crippen molar-refractivity contribution in [2.24, 2.45) is 5.92 Å². The molecule has 1 aromatic heterocycles. The molecular weight excluding hydrogens is 417 g/mol. The van der Waals surface area contributed by atoms with Gasteiger partial charge in [0.15, 0.2) is 0 Å². The van der Waals surface area contributed by atoms with Gasteiger partial charge in [0.05, 0.1) is 18.2 Å². The van der Waals surface area contributed by atoms with E-state index in [0.29, 0.717) is 16.6 Å². The molecule has 32 heavy (non-hydrogen) atoms. The molecule has 1 aliphatic rings. The van der Waals surface area contributed by atoms with E-state index in [2.05, 4.69) is 4.98 Å². The molecule has 2 aromatic carbocycles. The van der Waals surface area contributed by atoms with Crippen LogP contribution in [0, 0.1) is 23.4 Å². The highest BCUT2D eigenvalue weighted by molar-refractivity contribution is 5.86. The van der Waals surface area contributed by atoms with E-state index in [1.807, 2.05) is 20.8 Å². The van der Waals surface area contributed by atoms with Crippen molar-refractivity contribution in [3.8, 4) is 11.3 Å². The lowest BCUT2D eigenvalue weighted by atomic mass is 9.84. The Morgan fingerprint density at radius 3 is 2.25 bits per heavy atom. The van der Waals surface area contributed by atoms with Gasteiger partial charge in [-0.05, 0) is 61.7 Å². The van der Waals surface area contributed by atoms with Gasteiger partial charge in [-0.3, -0.25) is 4.79 Å². The number of fused-ring (bicyclic) bond motifs is 1. The minimum Gasteiger partial charge on any atom is -0.394 e. The number of nitrogens with one attached hydrogen (secondary N) is 1. The monoisotopic (exact) mass is 448 g/mol. The molecule has 2 N–H and O–H groups in total. The van der Waals surface area contributed by atoms with Crippen molar-refractivity contribution in [2.75, 3.05) is 13.7 Å². The zero-order valence-electron chi connectivity index (χ0n) is 19.0. The van der Waals surface area contributed by atoms with Crippen LogP contribution in [-0.2, 0) is 4.79 Å². The number of likely N-dealkylation sites (N-methyl/N-ethyl adjacent to an activating group) is 1. The van der Waals surface area contributed by atoms with E-state index >= 15 is 0 Å². The van der Waals surface area contributed by atoms with Gasteiger partial charge in [0.25, 0.3) is 0 Å². The molecule has 1 fully saturated rings. The zero-order chi connectivity index (χ0) is 23.8. The maximum atomic E-state index is 13.5. The lowest BCUT2D eigenvalue weighted by molar-refractivity contribution is -0.139. The Balaban J connectivity index is 0.000000227. The van der Waals surface area contributed by atoms with Crippen molar-refractivity contribution in [1.82, 2.24) is 9.88 Å². The fraction of sp³-hybridized carbons (Fsp3) is 0.400. The van der Waals surface area contributed by atoms with Gasteiger partial charge >= 0.3 is 0 Å². The minimum absolute atomic E-state index is 0.0434. The Hall–Kier alpha value is -2.80. The molecule has 0 spiro atoms. The van der Waals surface area contributed by atoms with Crippen LogP contribution in [0.3, 0.4) is 0 Å². The van der Waals surface area contributed by atoms with E-state index in [0.717, 1.165) is 18.9 Å². The van der Waals surface area contributed by atoms with Crippen molar-refractivity contribution < 1.29 is 23.1 Å². The number of carbonyl (C=O) groups excluding carboxylic acids is 1. The second kappa shape index (κ2) is 11.7. The van der Waals surface area contributed by atoms with Crippen molar-refractivity contribution in [3.05, 3.63) is 59.9 Å². The van der Waals surface area contributed by atoms with Crippen molar-refractivity contribution in [1.29, 1.82) is 0 Å². The number of aromatic amines is 1. The van der Waals surface area contributed by atoms with E-state index in [1.165, 1.54) is 24.6 Å². The maximum absolute atomic E-state index is 13.5.